The van der Waals surface area contributed by atoms with Crippen molar-refractivity contribution in [2.24, 2.45) is 0 Å². The van der Waals surface area contributed by atoms with Crippen molar-refractivity contribution in [2.45, 2.75) is 84.5 Å². The smallest absolute Gasteiger partial charge is 0.344 e. The molecule has 0 aliphatic rings. The van der Waals surface area contributed by atoms with Gasteiger partial charge >= 0.3 is 5.63 Å². The highest BCUT2D eigenvalue weighted by atomic mass is 19.1. The number of halogens is 1. The van der Waals surface area contributed by atoms with Gasteiger partial charge in [-0.15, -0.1) is 0 Å². The maximum atomic E-state index is 15.3. The molecular weight excluding hydrogens is 435 g/mol. The average Bonchev–Trinajstić information content (AvgIpc) is 2.88. The molecule has 0 fully saturated rings. The summed E-state index contributed by atoms with van der Waals surface area (Å²) in [6.45, 7) is 4.42. The molecule has 0 unspecified atom stereocenters. The van der Waals surface area contributed by atoms with Crippen molar-refractivity contribution in [3.63, 3.8) is 0 Å². The molecule has 0 saturated carbocycles. The van der Waals surface area contributed by atoms with E-state index in [0.29, 0.717) is 22.8 Å². The molecule has 4 rings (SSSR count). The SMILES string of the molecule is CCCCCCCCc1ccc2c(oc(=O)c3cc(-c4ccc(CCCCC)cc4)ccc32)c1F. The Kier molecular flexibility index (Phi) is 8.74. The molecule has 0 spiro atoms. The van der Waals surface area contributed by atoms with Crippen LogP contribution in [0.1, 0.15) is 82.8 Å². The van der Waals surface area contributed by atoms with Gasteiger partial charge < -0.3 is 4.42 Å². The zero-order valence-electron chi connectivity index (χ0n) is 21.2. The van der Waals surface area contributed by atoms with E-state index in [-0.39, 0.29) is 5.58 Å². The predicted molar refractivity (Wildman–Crippen MR) is 146 cm³/mol. The number of fused-ring (bicyclic) bond motifs is 3. The largest absolute Gasteiger partial charge is 0.419 e. The van der Waals surface area contributed by atoms with Gasteiger partial charge in [-0.05, 0) is 54.0 Å². The van der Waals surface area contributed by atoms with Crippen LogP contribution in [-0.4, -0.2) is 0 Å². The zero-order valence-corrected chi connectivity index (χ0v) is 21.2. The Morgan fingerprint density at radius 2 is 1.29 bits per heavy atom. The number of aryl methyl sites for hydroxylation is 2. The van der Waals surface area contributed by atoms with Gasteiger partial charge in [0.25, 0.3) is 0 Å². The van der Waals surface area contributed by atoms with E-state index in [0.717, 1.165) is 35.8 Å². The van der Waals surface area contributed by atoms with Crippen LogP contribution < -0.4 is 5.63 Å². The van der Waals surface area contributed by atoms with Crippen LogP contribution in [0.25, 0.3) is 32.9 Å². The van der Waals surface area contributed by atoms with Crippen LogP contribution in [0.3, 0.4) is 0 Å². The first-order valence-corrected chi connectivity index (χ1v) is 13.4. The summed E-state index contributed by atoms with van der Waals surface area (Å²) in [4.78, 5) is 12.9. The molecule has 0 aliphatic heterocycles. The molecule has 0 N–H and O–H groups in total. The maximum absolute atomic E-state index is 15.3. The molecule has 4 aromatic rings. The van der Waals surface area contributed by atoms with Gasteiger partial charge in [0.2, 0.25) is 0 Å². The minimum absolute atomic E-state index is 0.0789. The van der Waals surface area contributed by atoms with Crippen molar-refractivity contribution >= 4 is 21.7 Å². The molecule has 3 aromatic carbocycles. The lowest BCUT2D eigenvalue weighted by Crippen LogP contribution is -2.03. The summed E-state index contributed by atoms with van der Waals surface area (Å²) >= 11 is 0. The van der Waals surface area contributed by atoms with Crippen molar-refractivity contribution in [3.8, 4) is 11.1 Å². The summed E-state index contributed by atoms with van der Waals surface area (Å²) < 4.78 is 20.8. The molecule has 3 heteroatoms. The first-order chi connectivity index (χ1) is 17.1. The Hall–Kier alpha value is -2.94. The third-order valence-corrected chi connectivity index (χ3v) is 7.06. The van der Waals surface area contributed by atoms with E-state index in [1.165, 1.54) is 50.5 Å². The first-order valence-electron chi connectivity index (χ1n) is 13.4. The average molecular weight is 473 g/mol. The highest BCUT2D eigenvalue weighted by molar-refractivity contribution is 6.05. The minimum Gasteiger partial charge on any atom is -0.419 e. The van der Waals surface area contributed by atoms with E-state index in [1.807, 2.05) is 30.3 Å². The summed E-state index contributed by atoms with van der Waals surface area (Å²) in [5, 5.41) is 1.88. The normalized spacial score (nSPS) is 11.5. The summed E-state index contributed by atoms with van der Waals surface area (Å²) in [7, 11) is 0. The van der Waals surface area contributed by atoms with E-state index in [9.17, 15) is 4.79 Å². The molecule has 0 aliphatic carbocycles. The Labute approximate surface area is 208 Å². The number of hydrogen-bond donors (Lipinski definition) is 0. The zero-order chi connectivity index (χ0) is 24.6. The molecule has 0 saturated heterocycles. The van der Waals surface area contributed by atoms with Crippen molar-refractivity contribution < 1.29 is 8.81 Å². The summed E-state index contributed by atoms with van der Waals surface area (Å²) in [5.41, 5.74) is 3.58. The van der Waals surface area contributed by atoms with E-state index in [2.05, 4.69) is 38.1 Å². The predicted octanol–water partition coefficient (Wildman–Crippen LogP) is 9.39. The van der Waals surface area contributed by atoms with Crippen molar-refractivity contribution in [1.29, 1.82) is 0 Å². The molecule has 35 heavy (non-hydrogen) atoms. The van der Waals surface area contributed by atoms with Gasteiger partial charge in [0.15, 0.2) is 11.4 Å². The molecule has 0 atom stereocenters. The number of hydrogen-bond acceptors (Lipinski definition) is 2. The Morgan fingerprint density at radius 3 is 2.06 bits per heavy atom. The van der Waals surface area contributed by atoms with Gasteiger partial charge in [-0.3, -0.25) is 0 Å². The second-order valence-electron chi connectivity index (χ2n) is 9.74. The molecule has 1 heterocycles. The molecule has 0 bridgehead atoms. The van der Waals surface area contributed by atoms with Crippen LogP contribution >= 0.6 is 0 Å². The lowest BCUT2D eigenvalue weighted by Gasteiger charge is -2.10. The Balaban J connectivity index is 1.57. The van der Waals surface area contributed by atoms with Gasteiger partial charge in [0.1, 0.15) is 0 Å². The van der Waals surface area contributed by atoms with E-state index in [1.54, 1.807) is 0 Å². The number of benzene rings is 3. The summed E-state index contributed by atoms with van der Waals surface area (Å²) in [6.07, 6.45) is 12.4. The van der Waals surface area contributed by atoms with Crippen LogP contribution in [0, 0.1) is 5.82 Å². The number of unbranched alkanes of at least 4 members (excludes halogenated alkanes) is 7. The lowest BCUT2D eigenvalue weighted by atomic mass is 9.97. The molecule has 1 aromatic heterocycles. The molecule has 184 valence electrons. The summed E-state index contributed by atoms with van der Waals surface area (Å²) in [6, 6.07) is 18.1. The Bertz CT molecular complexity index is 1320. The van der Waals surface area contributed by atoms with Crippen molar-refractivity contribution in [3.05, 3.63) is 82.0 Å². The fraction of sp³-hybridized carbons (Fsp3) is 0.406. The van der Waals surface area contributed by atoms with E-state index >= 15 is 4.39 Å². The van der Waals surface area contributed by atoms with Crippen LogP contribution in [-0.2, 0) is 12.8 Å². The van der Waals surface area contributed by atoms with Gasteiger partial charge in [-0.2, -0.15) is 0 Å². The first kappa shape index (κ1) is 25.2. The fourth-order valence-corrected chi connectivity index (χ4v) is 4.92. The topological polar surface area (TPSA) is 30.2 Å². The van der Waals surface area contributed by atoms with Crippen LogP contribution in [0.15, 0.2) is 63.8 Å². The third-order valence-electron chi connectivity index (χ3n) is 7.06. The molecule has 2 nitrogen and oxygen atoms in total. The van der Waals surface area contributed by atoms with Crippen LogP contribution in [0.4, 0.5) is 4.39 Å². The monoisotopic (exact) mass is 472 g/mol. The van der Waals surface area contributed by atoms with E-state index < -0.39 is 11.4 Å². The third kappa shape index (κ3) is 6.01. The summed E-state index contributed by atoms with van der Waals surface area (Å²) in [5.74, 6) is -0.391. The minimum atomic E-state index is -0.485. The quantitative estimate of drug-likeness (QED) is 0.117. The van der Waals surface area contributed by atoms with E-state index in [4.69, 9.17) is 4.42 Å². The maximum Gasteiger partial charge on any atom is 0.344 e. The second-order valence-corrected chi connectivity index (χ2v) is 9.74. The second kappa shape index (κ2) is 12.2. The molecule has 0 radical (unpaired) electrons. The van der Waals surface area contributed by atoms with Crippen LogP contribution in [0.2, 0.25) is 0 Å². The van der Waals surface area contributed by atoms with Crippen molar-refractivity contribution in [1.82, 2.24) is 0 Å². The highest BCUT2D eigenvalue weighted by Gasteiger charge is 2.15. The fourth-order valence-electron chi connectivity index (χ4n) is 4.92. The van der Waals surface area contributed by atoms with Gasteiger partial charge in [0.05, 0.1) is 5.39 Å². The van der Waals surface area contributed by atoms with Gasteiger partial charge in [-0.1, -0.05) is 107 Å². The Morgan fingerprint density at radius 1 is 0.657 bits per heavy atom. The highest BCUT2D eigenvalue weighted by Crippen LogP contribution is 2.30. The lowest BCUT2D eigenvalue weighted by molar-refractivity contribution is 0.521. The number of rotatable bonds is 12. The van der Waals surface area contributed by atoms with Gasteiger partial charge in [-0.25, -0.2) is 9.18 Å². The standard InChI is InChI=1S/C32H37FO2/c1-3-5-7-8-9-11-13-25-18-21-28-27-20-19-26(22-29(27)32(34)35-31(28)30(25)33)24-16-14-23(15-17-24)12-10-6-4-2/h14-22H,3-13H2,1-2H3. The molecule has 0 amide bonds. The van der Waals surface area contributed by atoms with Gasteiger partial charge in [0, 0.05) is 10.8 Å². The van der Waals surface area contributed by atoms with Crippen LogP contribution in [0.5, 0.6) is 0 Å². The van der Waals surface area contributed by atoms with Crippen molar-refractivity contribution in [2.75, 3.05) is 0 Å². The molecular formula is C32H37FO2.